The van der Waals surface area contributed by atoms with Crippen molar-refractivity contribution in [3.05, 3.63) is 85.1 Å². The van der Waals surface area contributed by atoms with Crippen molar-refractivity contribution in [3.63, 3.8) is 0 Å². The molecule has 0 rings (SSSR count). The van der Waals surface area contributed by atoms with Crippen molar-refractivity contribution in [2.24, 2.45) is 0 Å². The number of ketones is 2. The molecule has 0 aliphatic heterocycles. The fourth-order valence-electron chi connectivity index (χ4n) is 1.35. The lowest BCUT2D eigenvalue weighted by atomic mass is 10.00. The highest BCUT2D eigenvalue weighted by Gasteiger charge is 2.18. The van der Waals surface area contributed by atoms with Gasteiger partial charge in [0.1, 0.15) is 0 Å². The van der Waals surface area contributed by atoms with Crippen LogP contribution in [0.3, 0.4) is 0 Å². The van der Waals surface area contributed by atoms with E-state index >= 15 is 0 Å². The van der Waals surface area contributed by atoms with E-state index in [1.807, 2.05) is 6.92 Å². The van der Waals surface area contributed by atoms with E-state index in [0.29, 0.717) is 5.57 Å². The highest BCUT2D eigenvalue weighted by atomic mass is 16.2. The molecular weight excluding hydrogens is 248 g/mol. The van der Waals surface area contributed by atoms with Crippen LogP contribution < -0.4 is 0 Å². The molecule has 0 aliphatic carbocycles. The molecular formula is C18H20O2. The number of hydrogen-bond donors (Lipinski definition) is 0. The second kappa shape index (κ2) is 10.4. The normalized spacial score (nSPS) is 13.3. The number of carbonyl (C=O) groups excluding carboxylic acids is 2. The Hall–Kier alpha value is -2.48. The molecule has 0 heterocycles. The zero-order chi connectivity index (χ0) is 15.4. The second-order valence-electron chi connectivity index (χ2n) is 3.76. The maximum atomic E-state index is 12.2. The minimum absolute atomic E-state index is 0.279. The summed E-state index contributed by atoms with van der Waals surface area (Å²) in [5.74, 6) is -1.13. The molecule has 0 aromatic rings. The van der Waals surface area contributed by atoms with Crippen LogP contribution >= 0.6 is 0 Å². The van der Waals surface area contributed by atoms with Gasteiger partial charge in [0.15, 0.2) is 0 Å². The molecule has 0 saturated carbocycles. The minimum atomic E-state index is -0.572. The Morgan fingerprint density at radius 3 is 1.80 bits per heavy atom. The first-order valence-corrected chi connectivity index (χ1v) is 6.28. The van der Waals surface area contributed by atoms with Crippen LogP contribution in [0.1, 0.15) is 13.8 Å². The van der Waals surface area contributed by atoms with Gasteiger partial charge in [-0.1, -0.05) is 73.9 Å². The molecule has 0 saturated heterocycles. The molecule has 0 atom stereocenters. The molecule has 0 spiro atoms. The second-order valence-corrected chi connectivity index (χ2v) is 3.76. The number of rotatable bonds is 8. The molecule has 20 heavy (non-hydrogen) atoms. The largest absolute Gasteiger partial charge is 0.285 e. The predicted molar refractivity (Wildman–Crippen MR) is 85.3 cm³/mol. The fourth-order valence-corrected chi connectivity index (χ4v) is 1.35. The summed E-state index contributed by atoms with van der Waals surface area (Å²) in [5.41, 5.74) is 0.623. The summed E-state index contributed by atoms with van der Waals surface area (Å²) in [6, 6.07) is 0. The molecule has 0 bridgehead atoms. The molecule has 0 radical (unpaired) electrons. The molecule has 0 aliphatic rings. The molecule has 104 valence electrons. The van der Waals surface area contributed by atoms with Gasteiger partial charge >= 0.3 is 0 Å². The Morgan fingerprint density at radius 2 is 1.35 bits per heavy atom. The highest BCUT2D eigenvalue weighted by molar-refractivity contribution is 6.50. The van der Waals surface area contributed by atoms with Gasteiger partial charge < -0.3 is 0 Å². The third-order valence-corrected chi connectivity index (χ3v) is 2.25. The minimum Gasteiger partial charge on any atom is -0.285 e. The van der Waals surface area contributed by atoms with E-state index < -0.39 is 11.6 Å². The molecule has 2 nitrogen and oxygen atoms in total. The lowest BCUT2D eigenvalue weighted by Crippen LogP contribution is -2.17. The average molecular weight is 268 g/mol. The molecule has 0 aromatic carbocycles. The monoisotopic (exact) mass is 268 g/mol. The summed E-state index contributed by atoms with van der Waals surface area (Å²) in [7, 11) is 0. The first-order chi connectivity index (χ1) is 9.62. The van der Waals surface area contributed by atoms with Crippen LogP contribution in [0.5, 0.6) is 0 Å². The topological polar surface area (TPSA) is 34.1 Å². The number of hydrogen-bond acceptors (Lipinski definition) is 2. The van der Waals surface area contributed by atoms with E-state index in [0.717, 1.165) is 0 Å². The molecule has 0 unspecified atom stereocenters. The van der Waals surface area contributed by atoms with Crippen LogP contribution in [0.15, 0.2) is 85.1 Å². The van der Waals surface area contributed by atoms with E-state index in [4.69, 9.17) is 0 Å². The van der Waals surface area contributed by atoms with Gasteiger partial charge in [0, 0.05) is 11.1 Å². The summed E-state index contributed by atoms with van der Waals surface area (Å²) in [5, 5.41) is 0. The number of allylic oxidation sites excluding steroid dienone is 12. The zero-order valence-electron chi connectivity index (χ0n) is 12.0. The Balaban J connectivity index is 5.47. The summed E-state index contributed by atoms with van der Waals surface area (Å²) in [4.78, 5) is 24.3. The molecule has 0 fully saturated rings. The Kier molecular flexibility index (Phi) is 9.15. The quantitative estimate of drug-likeness (QED) is 0.378. The van der Waals surface area contributed by atoms with Crippen molar-refractivity contribution in [3.8, 4) is 0 Å². The van der Waals surface area contributed by atoms with Gasteiger partial charge in [-0.2, -0.15) is 0 Å². The average Bonchev–Trinajstić information content (AvgIpc) is 2.46. The van der Waals surface area contributed by atoms with Crippen LogP contribution in [-0.4, -0.2) is 11.6 Å². The third-order valence-electron chi connectivity index (χ3n) is 2.25. The zero-order valence-corrected chi connectivity index (χ0v) is 12.0. The predicted octanol–water partition coefficient (Wildman–Crippen LogP) is 4.06. The van der Waals surface area contributed by atoms with Gasteiger partial charge in [-0.25, -0.2) is 0 Å². The van der Waals surface area contributed by atoms with Gasteiger partial charge in [-0.15, -0.1) is 0 Å². The smallest absolute Gasteiger partial charge is 0.233 e. The van der Waals surface area contributed by atoms with E-state index in [2.05, 4.69) is 13.2 Å². The first kappa shape index (κ1) is 17.5. The van der Waals surface area contributed by atoms with Gasteiger partial charge in [0.25, 0.3) is 0 Å². The van der Waals surface area contributed by atoms with E-state index in [9.17, 15) is 9.59 Å². The maximum Gasteiger partial charge on any atom is 0.233 e. The van der Waals surface area contributed by atoms with Gasteiger partial charge in [0.2, 0.25) is 11.6 Å². The van der Waals surface area contributed by atoms with Gasteiger partial charge in [-0.05, 0) is 13.8 Å². The standard InChI is InChI=1S/C18H20O2/c1-5-9-13-15(11-7-3)17(19)18(20)16(12-8-4)14-10-6-2/h5-14H,1,3H2,2,4H3/b10-6-,12-8-,13-9-,15-11+,16-14+. The van der Waals surface area contributed by atoms with Crippen molar-refractivity contribution in [1.29, 1.82) is 0 Å². The fraction of sp³-hybridized carbons (Fsp3) is 0.111. The van der Waals surface area contributed by atoms with Crippen molar-refractivity contribution in [1.82, 2.24) is 0 Å². The Morgan fingerprint density at radius 1 is 0.750 bits per heavy atom. The van der Waals surface area contributed by atoms with E-state index in [1.54, 1.807) is 43.4 Å². The molecule has 0 aromatic heterocycles. The van der Waals surface area contributed by atoms with Crippen LogP contribution in [-0.2, 0) is 9.59 Å². The van der Waals surface area contributed by atoms with Crippen LogP contribution in [0, 0.1) is 0 Å². The molecule has 2 heteroatoms. The Bertz CT molecular complexity index is 512. The van der Waals surface area contributed by atoms with Crippen molar-refractivity contribution in [2.45, 2.75) is 13.8 Å². The van der Waals surface area contributed by atoms with Crippen molar-refractivity contribution >= 4 is 11.6 Å². The lowest BCUT2D eigenvalue weighted by Gasteiger charge is -2.01. The Labute approximate surface area is 120 Å². The SMILES string of the molecule is C=C/C=C\C(=C/C=C)C(=O)C(=O)C(/C=C\C)=C/C=C\C. The lowest BCUT2D eigenvalue weighted by molar-refractivity contribution is -0.131. The van der Waals surface area contributed by atoms with Gasteiger partial charge in [0.05, 0.1) is 0 Å². The summed E-state index contributed by atoms with van der Waals surface area (Å²) in [6.45, 7) is 10.7. The first-order valence-electron chi connectivity index (χ1n) is 6.28. The molecule has 0 N–H and O–H groups in total. The van der Waals surface area contributed by atoms with Crippen molar-refractivity contribution in [2.75, 3.05) is 0 Å². The number of Topliss-reactive ketones (excluding diaryl/α,β-unsaturated/α-hetero) is 2. The van der Waals surface area contributed by atoms with Crippen LogP contribution in [0.4, 0.5) is 0 Å². The van der Waals surface area contributed by atoms with Crippen LogP contribution in [0.2, 0.25) is 0 Å². The van der Waals surface area contributed by atoms with Crippen molar-refractivity contribution < 1.29 is 9.59 Å². The van der Waals surface area contributed by atoms with E-state index in [1.165, 1.54) is 24.3 Å². The summed E-state index contributed by atoms with van der Waals surface area (Å²) >= 11 is 0. The number of carbonyl (C=O) groups is 2. The summed E-state index contributed by atoms with van der Waals surface area (Å²) in [6.07, 6.45) is 16.1. The van der Waals surface area contributed by atoms with Gasteiger partial charge in [-0.3, -0.25) is 9.59 Å². The molecule has 0 amide bonds. The van der Waals surface area contributed by atoms with Crippen LogP contribution in [0.25, 0.3) is 0 Å². The highest BCUT2D eigenvalue weighted by Crippen LogP contribution is 2.08. The van der Waals surface area contributed by atoms with E-state index in [-0.39, 0.29) is 5.57 Å². The maximum absolute atomic E-state index is 12.2. The summed E-state index contributed by atoms with van der Waals surface area (Å²) < 4.78 is 0. The third kappa shape index (κ3) is 5.91.